The first kappa shape index (κ1) is 15.7. The van der Waals surface area contributed by atoms with Crippen molar-refractivity contribution < 1.29 is 28.5 Å². The molecule has 0 radical (unpaired) electrons. The summed E-state index contributed by atoms with van der Waals surface area (Å²) in [5.41, 5.74) is 0.808. The summed E-state index contributed by atoms with van der Waals surface area (Å²) in [5.74, 6) is -1.35. The number of fused-ring (bicyclic) bond motifs is 1. The van der Waals surface area contributed by atoms with Gasteiger partial charge in [-0.15, -0.1) is 0 Å². The number of hydrogen-bond acceptors (Lipinski definition) is 6. The number of benzene rings is 1. The van der Waals surface area contributed by atoms with Crippen LogP contribution in [0.15, 0.2) is 16.7 Å². The van der Waals surface area contributed by atoms with E-state index in [1.54, 1.807) is 6.07 Å². The highest BCUT2D eigenvalue weighted by atomic mass is 19.1. The van der Waals surface area contributed by atoms with Crippen molar-refractivity contribution in [3.05, 3.63) is 23.7 Å². The fourth-order valence-corrected chi connectivity index (χ4v) is 3.45. The Labute approximate surface area is 138 Å². The van der Waals surface area contributed by atoms with Gasteiger partial charge in [0.2, 0.25) is 5.82 Å². The number of aliphatic hydroxyl groups excluding tert-OH is 1. The number of aliphatic hydroxyl groups is 1. The van der Waals surface area contributed by atoms with Crippen LogP contribution >= 0.6 is 0 Å². The van der Waals surface area contributed by atoms with Gasteiger partial charge in [0, 0.05) is 5.39 Å². The molecule has 1 aromatic heterocycles. The lowest BCUT2D eigenvalue weighted by molar-refractivity contribution is -0.0456. The highest BCUT2D eigenvalue weighted by Crippen LogP contribution is 2.40. The molecule has 3 N–H and O–H groups in total. The van der Waals surface area contributed by atoms with Gasteiger partial charge in [-0.05, 0) is 18.9 Å². The topological polar surface area (TPSA) is 84.1 Å². The van der Waals surface area contributed by atoms with Gasteiger partial charge in [-0.1, -0.05) is 12.8 Å². The zero-order valence-electron chi connectivity index (χ0n) is 13.1. The smallest absolute Gasteiger partial charge is 0.208 e. The Morgan fingerprint density at radius 2 is 1.92 bits per heavy atom. The SMILES string of the molecule is Oc1c(C2OCCO2)cc2c(N[C@@H]3CCCC[C@H]3O)coc2c1F. The van der Waals surface area contributed by atoms with Crippen molar-refractivity contribution in [1.82, 2.24) is 0 Å². The minimum Gasteiger partial charge on any atom is -0.504 e. The monoisotopic (exact) mass is 337 g/mol. The van der Waals surface area contributed by atoms with Crippen molar-refractivity contribution in [2.24, 2.45) is 0 Å². The minimum absolute atomic E-state index is 0.0259. The van der Waals surface area contributed by atoms with Crippen LogP contribution in [0, 0.1) is 5.82 Å². The van der Waals surface area contributed by atoms with Gasteiger partial charge in [0.1, 0.15) is 6.26 Å². The number of anilines is 1. The number of nitrogens with one attached hydrogen (secondary N) is 1. The van der Waals surface area contributed by atoms with E-state index in [4.69, 9.17) is 13.9 Å². The first-order valence-corrected chi connectivity index (χ1v) is 8.25. The van der Waals surface area contributed by atoms with Gasteiger partial charge in [-0.25, -0.2) is 0 Å². The van der Waals surface area contributed by atoms with E-state index in [-0.39, 0.29) is 17.2 Å². The third-order valence-corrected chi connectivity index (χ3v) is 4.76. The Hall–Kier alpha value is -1.83. The zero-order chi connectivity index (χ0) is 16.7. The first-order valence-electron chi connectivity index (χ1n) is 8.25. The molecule has 0 amide bonds. The summed E-state index contributed by atoms with van der Waals surface area (Å²) in [6.45, 7) is 0.795. The maximum Gasteiger partial charge on any atom is 0.208 e. The van der Waals surface area contributed by atoms with Crippen LogP contribution in [0.2, 0.25) is 0 Å². The van der Waals surface area contributed by atoms with Crippen molar-refractivity contribution in [1.29, 1.82) is 0 Å². The van der Waals surface area contributed by atoms with Crippen LogP contribution in [0.5, 0.6) is 5.75 Å². The highest BCUT2D eigenvalue weighted by Gasteiger charge is 2.28. The average molecular weight is 337 g/mol. The van der Waals surface area contributed by atoms with Gasteiger partial charge < -0.3 is 29.4 Å². The molecule has 0 bridgehead atoms. The van der Waals surface area contributed by atoms with Crippen molar-refractivity contribution in [3.8, 4) is 5.75 Å². The van der Waals surface area contributed by atoms with Crippen LogP contribution in [-0.2, 0) is 9.47 Å². The lowest BCUT2D eigenvalue weighted by atomic mass is 9.92. The molecule has 4 rings (SSSR count). The van der Waals surface area contributed by atoms with Gasteiger partial charge in [0.05, 0.1) is 36.6 Å². The van der Waals surface area contributed by atoms with E-state index in [1.807, 2.05) is 0 Å². The zero-order valence-corrected chi connectivity index (χ0v) is 13.1. The lowest BCUT2D eigenvalue weighted by Crippen LogP contribution is -2.36. The average Bonchev–Trinajstić information content (AvgIpc) is 3.23. The Morgan fingerprint density at radius 3 is 2.67 bits per heavy atom. The van der Waals surface area contributed by atoms with Gasteiger partial charge in [-0.2, -0.15) is 4.39 Å². The van der Waals surface area contributed by atoms with E-state index >= 15 is 0 Å². The summed E-state index contributed by atoms with van der Waals surface area (Å²) >= 11 is 0. The van der Waals surface area contributed by atoms with Gasteiger partial charge >= 0.3 is 0 Å². The van der Waals surface area contributed by atoms with E-state index < -0.39 is 24.0 Å². The third-order valence-electron chi connectivity index (χ3n) is 4.76. The molecule has 2 aliphatic rings. The van der Waals surface area contributed by atoms with E-state index in [9.17, 15) is 14.6 Å². The maximum atomic E-state index is 14.4. The van der Waals surface area contributed by atoms with Crippen LogP contribution in [0.4, 0.5) is 10.1 Å². The molecule has 1 saturated heterocycles. The lowest BCUT2D eigenvalue weighted by Gasteiger charge is -2.28. The molecule has 130 valence electrons. The van der Waals surface area contributed by atoms with Crippen LogP contribution in [0.25, 0.3) is 11.0 Å². The fourth-order valence-electron chi connectivity index (χ4n) is 3.45. The second-order valence-corrected chi connectivity index (χ2v) is 6.33. The van der Waals surface area contributed by atoms with Crippen LogP contribution in [-0.4, -0.2) is 35.6 Å². The molecule has 0 unspecified atom stereocenters. The molecule has 1 aliphatic carbocycles. The molecule has 7 heteroatoms. The first-order chi connectivity index (χ1) is 11.6. The molecular formula is C17H20FNO5. The molecule has 6 nitrogen and oxygen atoms in total. The van der Waals surface area contributed by atoms with Crippen molar-refractivity contribution >= 4 is 16.7 Å². The standard InChI is InChI=1S/C17H20FNO5/c18-14-15(21)10(17-22-5-6-23-17)7-9-12(8-24-16(9)14)19-11-3-1-2-4-13(11)20/h7-8,11,13,17,19-21H,1-6H2/t11-,13-/m1/s1. The molecular weight excluding hydrogens is 317 g/mol. The summed E-state index contributed by atoms with van der Waals surface area (Å²) in [4.78, 5) is 0. The molecule has 1 aliphatic heterocycles. The number of furan rings is 1. The van der Waals surface area contributed by atoms with E-state index in [2.05, 4.69) is 5.32 Å². The van der Waals surface area contributed by atoms with Crippen LogP contribution in [0.3, 0.4) is 0 Å². The van der Waals surface area contributed by atoms with E-state index in [0.29, 0.717) is 24.3 Å². The van der Waals surface area contributed by atoms with Crippen molar-refractivity contribution in [2.45, 2.75) is 44.1 Å². The molecule has 2 aromatic rings. The molecule has 2 atom stereocenters. The van der Waals surface area contributed by atoms with Crippen molar-refractivity contribution in [2.75, 3.05) is 18.5 Å². The van der Waals surface area contributed by atoms with E-state index in [1.165, 1.54) is 6.26 Å². The van der Waals surface area contributed by atoms with E-state index in [0.717, 1.165) is 25.7 Å². The van der Waals surface area contributed by atoms with Gasteiger partial charge in [-0.3, -0.25) is 0 Å². The summed E-state index contributed by atoms with van der Waals surface area (Å²) < 4.78 is 30.5. The Kier molecular flexibility index (Phi) is 4.07. The second kappa shape index (κ2) is 6.23. The summed E-state index contributed by atoms with van der Waals surface area (Å²) in [5, 5.41) is 23.9. The molecule has 1 saturated carbocycles. The molecule has 0 spiro atoms. The molecule has 1 aromatic carbocycles. The van der Waals surface area contributed by atoms with Crippen LogP contribution in [0.1, 0.15) is 37.5 Å². The Bertz CT molecular complexity index is 740. The number of phenols is 1. The normalized spacial score (nSPS) is 25.4. The second-order valence-electron chi connectivity index (χ2n) is 6.33. The van der Waals surface area contributed by atoms with Gasteiger partial charge in [0.25, 0.3) is 0 Å². The highest BCUT2D eigenvalue weighted by molar-refractivity contribution is 5.92. The summed E-state index contributed by atoms with van der Waals surface area (Å²) in [6.07, 6.45) is 3.82. The third kappa shape index (κ3) is 2.62. The Morgan fingerprint density at radius 1 is 1.17 bits per heavy atom. The number of aromatic hydroxyl groups is 1. The number of halogens is 1. The molecule has 2 heterocycles. The number of ether oxygens (including phenoxy) is 2. The maximum absolute atomic E-state index is 14.4. The fraction of sp³-hybridized carbons (Fsp3) is 0.529. The number of phenolic OH excluding ortho intramolecular Hbond substituents is 1. The number of rotatable bonds is 3. The Balaban J connectivity index is 1.71. The minimum atomic E-state index is -0.834. The summed E-state index contributed by atoms with van der Waals surface area (Å²) in [6, 6.07) is 1.52. The molecule has 24 heavy (non-hydrogen) atoms. The predicted molar refractivity (Wildman–Crippen MR) is 84.4 cm³/mol. The number of hydrogen-bond donors (Lipinski definition) is 3. The van der Waals surface area contributed by atoms with Gasteiger partial charge in [0.15, 0.2) is 17.6 Å². The largest absolute Gasteiger partial charge is 0.504 e. The predicted octanol–water partition coefficient (Wildman–Crippen LogP) is 3.04. The summed E-state index contributed by atoms with van der Waals surface area (Å²) in [7, 11) is 0. The quantitative estimate of drug-likeness (QED) is 0.798. The molecule has 2 fully saturated rings. The van der Waals surface area contributed by atoms with Crippen LogP contribution < -0.4 is 5.32 Å². The van der Waals surface area contributed by atoms with Crippen molar-refractivity contribution in [3.63, 3.8) is 0 Å².